The van der Waals surface area contributed by atoms with Crippen molar-refractivity contribution in [3.05, 3.63) is 86.9 Å². The fraction of sp³-hybridized carbons (Fsp3) is 0. The van der Waals surface area contributed by atoms with E-state index in [0.29, 0.717) is 16.1 Å². The number of hydrogen-bond acceptors (Lipinski definition) is 4. The summed E-state index contributed by atoms with van der Waals surface area (Å²) in [6, 6.07) is 17.7. The van der Waals surface area contributed by atoms with Gasteiger partial charge in [-0.1, -0.05) is 24.3 Å². The summed E-state index contributed by atoms with van der Waals surface area (Å²) < 4.78 is 8.07. The van der Waals surface area contributed by atoms with Gasteiger partial charge in [-0.2, -0.15) is 0 Å². The van der Waals surface area contributed by atoms with E-state index in [-0.39, 0.29) is 11.1 Å². The third-order valence-electron chi connectivity index (χ3n) is 4.53. The van der Waals surface area contributed by atoms with Crippen molar-refractivity contribution in [2.24, 2.45) is 0 Å². The van der Waals surface area contributed by atoms with Crippen molar-refractivity contribution in [2.75, 3.05) is 0 Å². The zero-order chi connectivity index (χ0) is 19.3. The van der Waals surface area contributed by atoms with E-state index in [4.69, 9.17) is 9.52 Å². The number of nitrogens with one attached hydrogen (secondary N) is 1. The second-order valence-electron chi connectivity index (χ2n) is 6.28. The molecule has 28 heavy (non-hydrogen) atoms. The Bertz CT molecular complexity index is 1460. The molecule has 3 aromatic heterocycles. The molecule has 0 saturated heterocycles. The summed E-state index contributed by atoms with van der Waals surface area (Å²) in [6.45, 7) is 0. The van der Waals surface area contributed by atoms with Crippen LogP contribution in [0, 0.1) is 0 Å². The smallest absolute Gasteiger partial charge is 0.357 e. The highest BCUT2D eigenvalue weighted by molar-refractivity contribution is 7.14. The van der Waals surface area contributed by atoms with E-state index in [1.807, 2.05) is 24.3 Å². The van der Waals surface area contributed by atoms with Crippen LogP contribution in [0.2, 0.25) is 0 Å². The number of carbonyl (C=O) groups is 1. The number of rotatable bonds is 3. The van der Waals surface area contributed by atoms with Crippen molar-refractivity contribution in [3.8, 4) is 11.3 Å². The van der Waals surface area contributed by atoms with Gasteiger partial charge < -0.3 is 9.52 Å². The molecule has 2 N–H and O–H groups in total. The Kier molecular flexibility index (Phi) is 3.63. The fourth-order valence-corrected chi connectivity index (χ4v) is 4.16. The molecule has 0 aliphatic carbocycles. The lowest BCUT2D eigenvalue weighted by molar-refractivity contribution is -0.308. The van der Waals surface area contributed by atoms with E-state index in [2.05, 4.69) is 4.98 Å². The van der Waals surface area contributed by atoms with Gasteiger partial charge >= 0.3 is 16.5 Å². The van der Waals surface area contributed by atoms with Crippen LogP contribution in [0.4, 0.5) is 0 Å². The number of furan rings is 1. The first-order valence-corrected chi connectivity index (χ1v) is 9.32. The number of thiazole rings is 1. The fourth-order valence-electron chi connectivity index (χ4n) is 3.17. The molecular formula is C21H13N2O4S+. The number of aromatic nitrogens is 2. The van der Waals surface area contributed by atoms with Crippen LogP contribution in [0.15, 0.2) is 69.9 Å². The molecular weight excluding hydrogens is 376 g/mol. The van der Waals surface area contributed by atoms with Crippen molar-refractivity contribution < 1.29 is 19.3 Å². The van der Waals surface area contributed by atoms with Crippen LogP contribution in [0.5, 0.6) is 0 Å². The zero-order valence-corrected chi connectivity index (χ0v) is 15.2. The third-order valence-corrected chi connectivity index (χ3v) is 5.52. The van der Waals surface area contributed by atoms with E-state index in [1.54, 1.807) is 34.7 Å². The Morgan fingerprint density at radius 2 is 1.86 bits per heavy atom. The number of carboxylic acids is 1. The quantitative estimate of drug-likeness (QED) is 0.514. The van der Waals surface area contributed by atoms with Crippen LogP contribution in [-0.4, -0.2) is 15.5 Å². The van der Waals surface area contributed by atoms with Crippen molar-refractivity contribution in [2.45, 2.75) is 0 Å². The monoisotopic (exact) mass is 389 g/mol. The Labute approximate surface area is 161 Å². The van der Waals surface area contributed by atoms with Crippen LogP contribution < -0.4 is 15.1 Å². The predicted molar refractivity (Wildman–Crippen MR) is 105 cm³/mol. The molecule has 2 aromatic carbocycles. The lowest BCUT2D eigenvalue weighted by Crippen LogP contribution is -2.22. The summed E-state index contributed by atoms with van der Waals surface area (Å²) >= 11 is 1.37. The van der Waals surface area contributed by atoms with Gasteiger partial charge in [0, 0.05) is 11.6 Å². The topological polar surface area (TPSA) is 86.1 Å². The maximum Gasteiger partial charge on any atom is 0.357 e. The molecule has 0 spiro atoms. The minimum atomic E-state index is -0.971. The minimum Gasteiger partial charge on any atom is -0.478 e. The molecule has 0 aliphatic rings. The first-order valence-electron chi connectivity index (χ1n) is 8.51. The Balaban J connectivity index is 1.56. The van der Waals surface area contributed by atoms with Gasteiger partial charge in [0.2, 0.25) is 0 Å². The van der Waals surface area contributed by atoms with E-state index in [0.717, 1.165) is 21.6 Å². The van der Waals surface area contributed by atoms with E-state index in [1.165, 1.54) is 23.5 Å². The summed E-state index contributed by atoms with van der Waals surface area (Å²) in [5.41, 5.74) is 2.65. The Morgan fingerprint density at radius 3 is 2.64 bits per heavy atom. The average molecular weight is 389 g/mol. The van der Waals surface area contributed by atoms with Gasteiger partial charge in [0.05, 0.1) is 5.56 Å². The molecule has 0 amide bonds. The lowest BCUT2D eigenvalue weighted by Gasteiger charge is -1.98. The molecule has 0 bridgehead atoms. The third kappa shape index (κ3) is 2.60. The van der Waals surface area contributed by atoms with Gasteiger partial charge in [-0.05, 0) is 47.7 Å². The number of carboxylic acid groups (broad SMARTS) is 1. The Morgan fingerprint density at radius 1 is 1.07 bits per heavy atom. The van der Waals surface area contributed by atoms with Crippen molar-refractivity contribution in [3.63, 3.8) is 0 Å². The van der Waals surface area contributed by atoms with Gasteiger partial charge in [0.15, 0.2) is 11.0 Å². The summed E-state index contributed by atoms with van der Waals surface area (Å²) in [6.07, 6.45) is 1.72. The minimum absolute atomic E-state index is 0.0961. The molecule has 0 unspecified atom stereocenters. The number of benzene rings is 2. The van der Waals surface area contributed by atoms with Gasteiger partial charge in [0.1, 0.15) is 16.1 Å². The number of aromatic amines is 1. The van der Waals surface area contributed by atoms with Crippen LogP contribution >= 0.6 is 11.3 Å². The first-order chi connectivity index (χ1) is 13.6. The second kappa shape index (κ2) is 6.17. The molecule has 3 heterocycles. The lowest BCUT2D eigenvalue weighted by atomic mass is 10.1. The van der Waals surface area contributed by atoms with E-state index < -0.39 is 5.97 Å². The molecule has 136 valence electrons. The molecule has 0 radical (unpaired) electrons. The highest BCUT2D eigenvalue weighted by Crippen LogP contribution is 2.23. The number of imidazole rings is 1. The van der Waals surface area contributed by atoms with Crippen molar-refractivity contribution >= 4 is 39.4 Å². The molecule has 0 aliphatic heterocycles. The highest BCUT2D eigenvalue weighted by Gasteiger charge is 2.18. The van der Waals surface area contributed by atoms with Gasteiger partial charge in [-0.25, -0.2) is 14.6 Å². The maximum atomic E-state index is 12.8. The van der Waals surface area contributed by atoms with Gasteiger partial charge in [-0.15, -0.1) is 4.40 Å². The van der Waals surface area contributed by atoms with Gasteiger partial charge in [0.25, 0.3) is 0 Å². The summed E-state index contributed by atoms with van der Waals surface area (Å²) in [5.74, 6) is 0.195. The maximum absolute atomic E-state index is 12.8. The Hall–Kier alpha value is -3.71. The van der Waals surface area contributed by atoms with Crippen molar-refractivity contribution in [1.29, 1.82) is 0 Å². The first kappa shape index (κ1) is 16.5. The SMILES string of the molecule is O=C(O)c1ccc(-c2ccc(/C=c3\sc4[nH+]c5ccccc5n4c3=O)o2)cc1. The molecule has 7 heteroatoms. The molecule has 0 saturated carbocycles. The average Bonchev–Trinajstić information content (AvgIpc) is 3.38. The predicted octanol–water partition coefficient (Wildman–Crippen LogP) is 2.83. The largest absolute Gasteiger partial charge is 0.478 e. The summed E-state index contributed by atoms with van der Waals surface area (Å²) in [7, 11) is 0. The number of nitrogens with zero attached hydrogens (tertiary/aromatic N) is 1. The molecule has 0 atom stereocenters. The van der Waals surface area contributed by atoms with Crippen LogP contribution in [0.1, 0.15) is 16.1 Å². The van der Waals surface area contributed by atoms with Crippen molar-refractivity contribution in [1.82, 2.24) is 4.40 Å². The number of H-pyrrole nitrogens is 1. The summed E-state index contributed by atoms with van der Waals surface area (Å²) in [4.78, 5) is 27.8. The molecule has 0 fully saturated rings. The van der Waals surface area contributed by atoms with E-state index >= 15 is 0 Å². The second-order valence-corrected chi connectivity index (χ2v) is 7.31. The molecule has 5 rings (SSSR count). The zero-order valence-electron chi connectivity index (χ0n) is 14.4. The van der Waals surface area contributed by atoms with Gasteiger partial charge in [-0.3, -0.25) is 0 Å². The standard InChI is InChI=1S/C21H12N2O4S/c24-19-18(28-21-22-15-3-1-2-4-16(15)23(19)21)11-14-9-10-17(27-14)12-5-7-13(8-6-12)20(25)26/h1-11H,(H,25,26)/p+1/b18-11-. The molecule has 5 aromatic rings. The number of aromatic carboxylic acids is 1. The van der Waals surface area contributed by atoms with Crippen LogP contribution in [0.25, 0.3) is 33.4 Å². The number of fused-ring (bicyclic) bond motifs is 3. The van der Waals surface area contributed by atoms with E-state index in [9.17, 15) is 9.59 Å². The number of para-hydroxylation sites is 2. The van der Waals surface area contributed by atoms with Crippen LogP contribution in [0.3, 0.4) is 0 Å². The molecule has 6 nitrogen and oxygen atoms in total. The number of hydrogen-bond donors (Lipinski definition) is 1. The summed E-state index contributed by atoms with van der Waals surface area (Å²) in [5, 5.41) is 8.99. The van der Waals surface area contributed by atoms with Crippen LogP contribution in [-0.2, 0) is 0 Å². The highest BCUT2D eigenvalue weighted by atomic mass is 32.1. The normalized spacial score (nSPS) is 12.2.